The normalized spacial score (nSPS) is 15.7. The van der Waals surface area contributed by atoms with Crippen LogP contribution in [0, 0.1) is 17.3 Å². The SMILES string of the molecule is N#Cc1ccccc1CN1CCC(CN)(n2cc(C(N)=O)c(Nc3ccnc(F)c3)n2)CC1. The van der Waals surface area contributed by atoms with Crippen molar-refractivity contribution in [1.29, 1.82) is 5.26 Å². The van der Waals surface area contributed by atoms with E-state index in [1.807, 2.05) is 24.3 Å². The lowest BCUT2D eigenvalue weighted by atomic mass is 9.87. The third-order valence-corrected chi connectivity index (χ3v) is 6.15. The van der Waals surface area contributed by atoms with E-state index in [9.17, 15) is 14.4 Å². The van der Waals surface area contributed by atoms with Gasteiger partial charge in [0.2, 0.25) is 5.95 Å². The standard InChI is InChI=1S/C23H25FN8O/c24-20-11-18(5-8-28-20)29-22-19(21(27)33)14-32(30-22)23(15-26)6-9-31(10-7-23)13-17-4-2-1-3-16(17)12-25/h1-5,8,11,14H,6-7,9-10,13,15,26H2,(H2,27,33)(H,28,29,30). The molecule has 170 valence electrons. The average molecular weight is 449 g/mol. The second-order valence-corrected chi connectivity index (χ2v) is 8.17. The number of primary amides is 1. The number of anilines is 2. The van der Waals surface area contributed by atoms with Gasteiger partial charge in [-0.15, -0.1) is 0 Å². The lowest BCUT2D eigenvalue weighted by Gasteiger charge is -2.41. The Hall–Kier alpha value is -3.81. The molecule has 0 aliphatic carbocycles. The van der Waals surface area contributed by atoms with Gasteiger partial charge in [-0.2, -0.15) is 14.8 Å². The third kappa shape index (κ3) is 4.69. The molecule has 1 aromatic carbocycles. The number of piperidine rings is 1. The molecule has 1 fully saturated rings. The topological polar surface area (TPSA) is 139 Å². The largest absolute Gasteiger partial charge is 0.365 e. The molecule has 5 N–H and O–H groups in total. The van der Waals surface area contributed by atoms with Crippen molar-refractivity contribution in [2.24, 2.45) is 11.5 Å². The highest BCUT2D eigenvalue weighted by molar-refractivity contribution is 5.98. The van der Waals surface area contributed by atoms with Crippen molar-refractivity contribution >= 4 is 17.4 Å². The van der Waals surface area contributed by atoms with Gasteiger partial charge < -0.3 is 16.8 Å². The Morgan fingerprint density at radius 2 is 2.03 bits per heavy atom. The molecule has 1 amide bonds. The summed E-state index contributed by atoms with van der Waals surface area (Å²) in [5.41, 5.74) is 13.6. The van der Waals surface area contributed by atoms with E-state index < -0.39 is 17.4 Å². The quantitative estimate of drug-likeness (QED) is 0.470. The molecular formula is C23H25FN8O. The fourth-order valence-corrected chi connectivity index (χ4v) is 4.17. The molecule has 9 nitrogen and oxygen atoms in total. The minimum Gasteiger partial charge on any atom is -0.365 e. The van der Waals surface area contributed by atoms with Crippen LogP contribution in [0.3, 0.4) is 0 Å². The zero-order valence-electron chi connectivity index (χ0n) is 18.0. The van der Waals surface area contributed by atoms with Crippen LogP contribution in [0.2, 0.25) is 0 Å². The first-order valence-corrected chi connectivity index (χ1v) is 10.6. The molecule has 0 spiro atoms. The van der Waals surface area contributed by atoms with Crippen LogP contribution < -0.4 is 16.8 Å². The van der Waals surface area contributed by atoms with Crippen molar-refractivity contribution in [3.05, 3.63) is 71.4 Å². The van der Waals surface area contributed by atoms with Crippen molar-refractivity contribution in [2.75, 3.05) is 25.0 Å². The summed E-state index contributed by atoms with van der Waals surface area (Å²) in [5, 5.41) is 16.9. The number of likely N-dealkylation sites (tertiary alicyclic amines) is 1. The summed E-state index contributed by atoms with van der Waals surface area (Å²) in [6.07, 6.45) is 4.35. The molecule has 0 unspecified atom stereocenters. The molecule has 2 aromatic heterocycles. The fraction of sp³-hybridized carbons (Fsp3) is 0.304. The van der Waals surface area contributed by atoms with Crippen molar-refractivity contribution in [3.8, 4) is 6.07 Å². The van der Waals surface area contributed by atoms with Crippen LogP contribution in [-0.4, -0.2) is 45.2 Å². The zero-order valence-corrected chi connectivity index (χ0v) is 18.0. The molecule has 0 saturated carbocycles. The Morgan fingerprint density at radius 1 is 1.27 bits per heavy atom. The van der Waals surface area contributed by atoms with E-state index in [0.717, 1.165) is 18.7 Å². The summed E-state index contributed by atoms with van der Waals surface area (Å²) in [6, 6.07) is 12.6. The van der Waals surface area contributed by atoms with E-state index in [2.05, 4.69) is 26.4 Å². The number of aromatic nitrogens is 3. The average Bonchev–Trinajstić information content (AvgIpc) is 3.25. The van der Waals surface area contributed by atoms with Gasteiger partial charge in [-0.05, 0) is 30.5 Å². The van der Waals surface area contributed by atoms with E-state index in [4.69, 9.17) is 11.5 Å². The molecule has 10 heteroatoms. The van der Waals surface area contributed by atoms with E-state index >= 15 is 0 Å². The number of carbonyl (C=O) groups excluding carboxylic acids is 1. The van der Waals surface area contributed by atoms with Gasteiger partial charge in [-0.25, -0.2) is 4.98 Å². The number of nitrogens with two attached hydrogens (primary N) is 2. The van der Waals surface area contributed by atoms with Crippen LogP contribution in [-0.2, 0) is 12.1 Å². The van der Waals surface area contributed by atoms with Crippen molar-refractivity contribution in [3.63, 3.8) is 0 Å². The monoisotopic (exact) mass is 448 g/mol. The maximum absolute atomic E-state index is 13.5. The number of amides is 1. The second-order valence-electron chi connectivity index (χ2n) is 8.17. The molecule has 1 aliphatic heterocycles. The number of nitriles is 1. The van der Waals surface area contributed by atoms with E-state index in [-0.39, 0.29) is 11.4 Å². The van der Waals surface area contributed by atoms with Crippen LogP contribution in [0.25, 0.3) is 0 Å². The maximum Gasteiger partial charge on any atom is 0.254 e. The van der Waals surface area contributed by atoms with Gasteiger partial charge in [0.05, 0.1) is 17.2 Å². The lowest BCUT2D eigenvalue weighted by molar-refractivity contribution is 0.0984. The molecule has 1 aliphatic rings. The highest BCUT2D eigenvalue weighted by Crippen LogP contribution is 2.32. The van der Waals surface area contributed by atoms with Crippen LogP contribution in [0.4, 0.5) is 15.9 Å². The number of rotatable bonds is 7. The number of nitrogens with one attached hydrogen (secondary N) is 1. The molecule has 0 radical (unpaired) electrons. The first kappa shape index (κ1) is 22.4. The van der Waals surface area contributed by atoms with E-state index in [0.29, 0.717) is 37.2 Å². The van der Waals surface area contributed by atoms with Crippen LogP contribution in [0.15, 0.2) is 48.8 Å². The Balaban J connectivity index is 1.54. The summed E-state index contributed by atoms with van der Waals surface area (Å²) < 4.78 is 15.2. The first-order chi connectivity index (χ1) is 15.9. The molecular weight excluding hydrogens is 423 g/mol. The maximum atomic E-state index is 13.5. The molecule has 3 heterocycles. The summed E-state index contributed by atoms with van der Waals surface area (Å²) in [7, 11) is 0. The predicted molar refractivity (Wildman–Crippen MR) is 121 cm³/mol. The zero-order chi connectivity index (χ0) is 23.4. The van der Waals surface area contributed by atoms with Gasteiger partial charge in [0.15, 0.2) is 5.82 Å². The van der Waals surface area contributed by atoms with Gasteiger partial charge in [-0.3, -0.25) is 14.4 Å². The van der Waals surface area contributed by atoms with Gasteiger partial charge in [0.1, 0.15) is 5.56 Å². The number of pyridine rings is 1. The fourth-order valence-electron chi connectivity index (χ4n) is 4.17. The third-order valence-electron chi connectivity index (χ3n) is 6.15. The van der Waals surface area contributed by atoms with Crippen LogP contribution >= 0.6 is 0 Å². The van der Waals surface area contributed by atoms with Crippen LogP contribution in [0.5, 0.6) is 0 Å². The Labute approximate surface area is 190 Å². The van der Waals surface area contributed by atoms with Gasteiger partial charge in [0, 0.05) is 50.3 Å². The first-order valence-electron chi connectivity index (χ1n) is 10.6. The number of carbonyl (C=O) groups is 1. The summed E-state index contributed by atoms with van der Waals surface area (Å²) >= 11 is 0. The highest BCUT2D eigenvalue weighted by atomic mass is 19.1. The lowest BCUT2D eigenvalue weighted by Crippen LogP contribution is -2.50. The summed E-state index contributed by atoms with van der Waals surface area (Å²) in [4.78, 5) is 17.9. The van der Waals surface area contributed by atoms with Crippen LogP contribution in [0.1, 0.15) is 34.3 Å². The Morgan fingerprint density at radius 3 is 2.70 bits per heavy atom. The molecule has 0 atom stereocenters. The minimum atomic E-state index is -0.649. The van der Waals surface area contributed by atoms with E-state index in [1.54, 1.807) is 16.9 Å². The molecule has 0 bridgehead atoms. The number of benzene rings is 1. The minimum absolute atomic E-state index is 0.199. The molecule has 33 heavy (non-hydrogen) atoms. The van der Waals surface area contributed by atoms with Gasteiger partial charge in [-0.1, -0.05) is 18.2 Å². The summed E-state index contributed by atoms with van der Waals surface area (Å²) in [6.45, 7) is 2.51. The molecule has 3 aromatic rings. The Kier molecular flexibility index (Phi) is 6.35. The number of halogens is 1. The summed E-state index contributed by atoms with van der Waals surface area (Å²) in [5.74, 6) is -1.05. The number of nitrogens with zero attached hydrogens (tertiary/aromatic N) is 5. The molecule has 1 saturated heterocycles. The molecule has 4 rings (SSSR count). The highest BCUT2D eigenvalue weighted by Gasteiger charge is 2.37. The number of hydrogen-bond acceptors (Lipinski definition) is 7. The second kappa shape index (κ2) is 9.36. The predicted octanol–water partition coefficient (Wildman–Crippen LogP) is 2.08. The number of hydrogen-bond donors (Lipinski definition) is 3. The van der Waals surface area contributed by atoms with Crippen molar-refractivity contribution < 1.29 is 9.18 Å². The van der Waals surface area contributed by atoms with E-state index in [1.165, 1.54) is 12.3 Å². The van der Waals surface area contributed by atoms with Gasteiger partial charge in [0.25, 0.3) is 5.91 Å². The van der Waals surface area contributed by atoms with Crippen molar-refractivity contribution in [2.45, 2.75) is 24.9 Å². The smallest absolute Gasteiger partial charge is 0.254 e. The van der Waals surface area contributed by atoms with Crippen molar-refractivity contribution in [1.82, 2.24) is 19.7 Å². The Bertz CT molecular complexity index is 1190. The van der Waals surface area contributed by atoms with Gasteiger partial charge >= 0.3 is 0 Å².